The second-order valence-corrected chi connectivity index (χ2v) is 5.72. The zero-order chi connectivity index (χ0) is 15.8. The maximum atomic E-state index is 5.97. The lowest BCUT2D eigenvalue weighted by Crippen LogP contribution is -2.46. The quantitative estimate of drug-likeness (QED) is 0.619. The van der Waals surface area contributed by atoms with Crippen LogP contribution < -0.4 is 11.1 Å². The van der Waals surface area contributed by atoms with Gasteiger partial charge in [0.2, 0.25) is 0 Å². The van der Waals surface area contributed by atoms with Gasteiger partial charge in [0.1, 0.15) is 0 Å². The number of aryl methyl sites for hydroxylation is 1. The average Bonchev–Trinajstić information content (AvgIpc) is 2.55. The molecule has 0 saturated carbocycles. The number of nitrogens with one attached hydrogen (secondary N) is 1. The lowest BCUT2D eigenvalue weighted by atomic mass is 10.1. The van der Waals surface area contributed by atoms with Crippen LogP contribution in [-0.4, -0.2) is 61.6 Å². The Labute approximate surface area is 134 Å². The molecule has 0 bridgehead atoms. The molecule has 1 aliphatic rings. The van der Waals surface area contributed by atoms with Gasteiger partial charge in [0.05, 0.1) is 6.54 Å². The Hall–Kier alpha value is -1.59. The fourth-order valence-corrected chi connectivity index (χ4v) is 2.70. The minimum absolute atomic E-state index is 0.500. The first-order chi connectivity index (χ1) is 10.7. The van der Waals surface area contributed by atoms with Crippen molar-refractivity contribution < 1.29 is 0 Å². The molecule has 5 heteroatoms. The molecular weight excluding hydrogens is 274 g/mol. The first-order valence-electron chi connectivity index (χ1n) is 8.32. The van der Waals surface area contributed by atoms with Gasteiger partial charge in [-0.3, -0.25) is 9.89 Å². The molecule has 0 radical (unpaired) electrons. The number of nitrogens with two attached hydrogens (primary N) is 1. The normalized spacial score (nSPS) is 17.6. The van der Waals surface area contributed by atoms with Gasteiger partial charge < -0.3 is 16.0 Å². The fraction of sp³-hybridized carbons (Fsp3) is 0.588. The summed E-state index contributed by atoms with van der Waals surface area (Å²) in [5.74, 6) is 0.500. The van der Waals surface area contributed by atoms with E-state index >= 15 is 0 Å². The molecular formula is C17H29N5. The number of piperazine rings is 1. The van der Waals surface area contributed by atoms with Crippen molar-refractivity contribution in [3.8, 4) is 0 Å². The molecule has 2 rings (SSSR count). The number of aliphatic imine (C=N–C) groups is 1. The molecule has 1 aliphatic heterocycles. The standard InChI is InChI=1S/C17H29N5/c1-3-15-6-5-7-16(14-15)20-17(18)19-8-9-22-12-10-21(4-2)11-13-22/h5-7,14H,3-4,8-13H2,1-2H3,(H3,18,19,20). The van der Waals surface area contributed by atoms with E-state index in [1.54, 1.807) is 0 Å². The third kappa shape index (κ3) is 5.31. The number of guanidine groups is 1. The van der Waals surface area contributed by atoms with Crippen LogP contribution in [0.3, 0.4) is 0 Å². The number of hydrogen-bond donors (Lipinski definition) is 2. The van der Waals surface area contributed by atoms with E-state index < -0.39 is 0 Å². The summed E-state index contributed by atoms with van der Waals surface area (Å²) in [6.07, 6.45) is 1.02. The van der Waals surface area contributed by atoms with E-state index in [1.807, 2.05) is 12.1 Å². The van der Waals surface area contributed by atoms with Gasteiger partial charge >= 0.3 is 0 Å². The van der Waals surface area contributed by atoms with E-state index in [0.717, 1.165) is 57.9 Å². The molecule has 0 spiro atoms. The average molecular weight is 303 g/mol. The van der Waals surface area contributed by atoms with Crippen LogP contribution in [0.25, 0.3) is 0 Å². The van der Waals surface area contributed by atoms with Crippen LogP contribution >= 0.6 is 0 Å². The molecule has 1 saturated heterocycles. The number of rotatable bonds is 6. The Bertz CT molecular complexity index is 478. The van der Waals surface area contributed by atoms with Crippen molar-refractivity contribution >= 4 is 11.6 Å². The van der Waals surface area contributed by atoms with Crippen molar-refractivity contribution in [3.63, 3.8) is 0 Å². The van der Waals surface area contributed by atoms with Crippen LogP contribution in [-0.2, 0) is 6.42 Å². The van der Waals surface area contributed by atoms with Crippen LogP contribution in [0.1, 0.15) is 19.4 Å². The summed E-state index contributed by atoms with van der Waals surface area (Å²) in [7, 11) is 0. The Morgan fingerprint density at radius 2 is 1.91 bits per heavy atom. The molecule has 0 atom stereocenters. The lowest BCUT2D eigenvalue weighted by Gasteiger charge is -2.33. The summed E-state index contributed by atoms with van der Waals surface area (Å²) in [5.41, 5.74) is 8.28. The first kappa shape index (κ1) is 16.8. The van der Waals surface area contributed by atoms with Gasteiger partial charge in [0, 0.05) is 38.4 Å². The Balaban J connectivity index is 1.73. The number of nitrogens with zero attached hydrogens (tertiary/aromatic N) is 3. The molecule has 3 N–H and O–H groups in total. The molecule has 1 aromatic carbocycles. The van der Waals surface area contributed by atoms with Crippen molar-refractivity contribution in [3.05, 3.63) is 29.8 Å². The highest BCUT2D eigenvalue weighted by atomic mass is 15.3. The van der Waals surface area contributed by atoms with E-state index in [9.17, 15) is 0 Å². The van der Waals surface area contributed by atoms with Gasteiger partial charge in [0.15, 0.2) is 5.96 Å². The summed E-state index contributed by atoms with van der Waals surface area (Å²) in [6, 6.07) is 8.30. The molecule has 0 amide bonds. The minimum atomic E-state index is 0.500. The number of hydrogen-bond acceptors (Lipinski definition) is 3. The monoisotopic (exact) mass is 303 g/mol. The van der Waals surface area contributed by atoms with Gasteiger partial charge in [-0.05, 0) is 30.7 Å². The van der Waals surface area contributed by atoms with E-state index in [-0.39, 0.29) is 0 Å². The van der Waals surface area contributed by atoms with E-state index in [0.29, 0.717) is 5.96 Å². The van der Waals surface area contributed by atoms with E-state index in [4.69, 9.17) is 5.73 Å². The highest BCUT2D eigenvalue weighted by molar-refractivity contribution is 5.92. The maximum absolute atomic E-state index is 5.97. The number of anilines is 1. The third-order valence-corrected chi connectivity index (χ3v) is 4.22. The maximum Gasteiger partial charge on any atom is 0.193 e. The summed E-state index contributed by atoms with van der Waals surface area (Å²) in [5, 5.41) is 3.17. The predicted octanol–water partition coefficient (Wildman–Crippen LogP) is 1.61. The highest BCUT2D eigenvalue weighted by Gasteiger charge is 2.14. The van der Waals surface area contributed by atoms with Crippen LogP contribution in [0.5, 0.6) is 0 Å². The van der Waals surface area contributed by atoms with Gasteiger partial charge in [-0.15, -0.1) is 0 Å². The van der Waals surface area contributed by atoms with Gasteiger partial charge in [-0.25, -0.2) is 0 Å². The Kier molecular flexibility index (Phi) is 6.68. The van der Waals surface area contributed by atoms with Gasteiger partial charge in [-0.1, -0.05) is 26.0 Å². The molecule has 1 heterocycles. The Morgan fingerprint density at radius 3 is 2.59 bits per heavy atom. The van der Waals surface area contributed by atoms with Crippen LogP contribution in [0.15, 0.2) is 29.3 Å². The van der Waals surface area contributed by atoms with Crippen LogP contribution in [0.2, 0.25) is 0 Å². The molecule has 0 aliphatic carbocycles. The van der Waals surface area contributed by atoms with Crippen molar-refractivity contribution in [1.82, 2.24) is 9.80 Å². The van der Waals surface area contributed by atoms with Crippen molar-refractivity contribution in [1.29, 1.82) is 0 Å². The topological polar surface area (TPSA) is 56.9 Å². The van der Waals surface area contributed by atoms with Crippen molar-refractivity contribution in [2.45, 2.75) is 20.3 Å². The molecule has 122 valence electrons. The zero-order valence-electron chi connectivity index (χ0n) is 13.9. The first-order valence-corrected chi connectivity index (χ1v) is 8.32. The number of benzene rings is 1. The molecule has 0 aromatic heterocycles. The van der Waals surface area contributed by atoms with Gasteiger partial charge in [0.25, 0.3) is 0 Å². The largest absolute Gasteiger partial charge is 0.370 e. The summed E-state index contributed by atoms with van der Waals surface area (Å²) >= 11 is 0. The SMILES string of the molecule is CCc1cccc(NC(N)=NCCN2CCN(CC)CC2)c1. The number of likely N-dealkylation sites (N-methyl/N-ethyl adjacent to an activating group) is 1. The molecule has 1 aromatic rings. The third-order valence-electron chi connectivity index (χ3n) is 4.22. The lowest BCUT2D eigenvalue weighted by molar-refractivity contribution is 0.140. The minimum Gasteiger partial charge on any atom is -0.370 e. The Morgan fingerprint density at radius 1 is 1.18 bits per heavy atom. The van der Waals surface area contributed by atoms with Gasteiger partial charge in [-0.2, -0.15) is 0 Å². The van der Waals surface area contributed by atoms with Crippen molar-refractivity contribution in [2.75, 3.05) is 51.1 Å². The van der Waals surface area contributed by atoms with Crippen LogP contribution in [0.4, 0.5) is 5.69 Å². The molecule has 5 nitrogen and oxygen atoms in total. The highest BCUT2D eigenvalue weighted by Crippen LogP contribution is 2.10. The fourth-order valence-electron chi connectivity index (χ4n) is 2.70. The van der Waals surface area contributed by atoms with Crippen LogP contribution in [0, 0.1) is 0 Å². The van der Waals surface area contributed by atoms with E-state index in [1.165, 1.54) is 5.56 Å². The molecule has 22 heavy (non-hydrogen) atoms. The zero-order valence-corrected chi connectivity index (χ0v) is 13.9. The van der Waals surface area contributed by atoms with E-state index in [2.05, 4.69) is 46.1 Å². The molecule has 1 fully saturated rings. The summed E-state index contributed by atoms with van der Waals surface area (Å²) < 4.78 is 0. The van der Waals surface area contributed by atoms with Crippen molar-refractivity contribution in [2.24, 2.45) is 10.7 Å². The second-order valence-electron chi connectivity index (χ2n) is 5.72. The summed E-state index contributed by atoms with van der Waals surface area (Å²) in [6.45, 7) is 11.8. The summed E-state index contributed by atoms with van der Waals surface area (Å²) in [4.78, 5) is 9.38. The predicted molar refractivity (Wildman–Crippen MR) is 94.5 cm³/mol. The smallest absolute Gasteiger partial charge is 0.193 e. The second kappa shape index (κ2) is 8.76. The molecule has 0 unspecified atom stereocenters.